The number of para-hydroxylation sites is 1. The van der Waals surface area contributed by atoms with Crippen molar-refractivity contribution in [3.8, 4) is 11.5 Å². The molecule has 0 amide bonds. The summed E-state index contributed by atoms with van der Waals surface area (Å²) in [5.74, 6) is 1.78. The Kier molecular flexibility index (Phi) is 6.44. The molecule has 1 fully saturated rings. The van der Waals surface area contributed by atoms with Crippen molar-refractivity contribution in [2.75, 3.05) is 11.9 Å². The smallest absolute Gasteiger partial charge is 0.193 e. The molecule has 5 nitrogen and oxygen atoms in total. The second-order valence-electron chi connectivity index (χ2n) is 5.85. The summed E-state index contributed by atoms with van der Waals surface area (Å²) in [6.07, 6.45) is 2.65. The van der Waals surface area contributed by atoms with Gasteiger partial charge in [0.05, 0.1) is 12.1 Å². The number of hydrogen-bond acceptors (Lipinski definition) is 3. The molecule has 0 aromatic heterocycles. The molecular weight excluding hydrogens is 417 g/mol. The predicted molar refractivity (Wildman–Crippen MR) is 107 cm³/mol. The van der Waals surface area contributed by atoms with Gasteiger partial charge in [-0.3, -0.25) is 4.99 Å². The van der Waals surface area contributed by atoms with Crippen LogP contribution < -0.4 is 15.8 Å². The lowest BCUT2D eigenvalue weighted by Gasteiger charge is -2.34. The third kappa shape index (κ3) is 5.10. The molecule has 0 saturated heterocycles. The minimum atomic E-state index is -0.662. The summed E-state index contributed by atoms with van der Waals surface area (Å²) in [7, 11) is 0. The second kappa shape index (κ2) is 8.34. The molecule has 0 bridgehead atoms. The lowest BCUT2D eigenvalue weighted by Crippen LogP contribution is -2.41. The minimum Gasteiger partial charge on any atom is -0.457 e. The van der Waals surface area contributed by atoms with Crippen LogP contribution in [0.5, 0.6) is 11.5 Å². The SMILES string of the molecule is I.NC(=NCC1(O)CCC1)Nc1cccc(Oc2ccccc2)c1. The van der Waals surface area contributed by atoms with Gasteiger partial charge in [-0.1, -0.05) is 24.3 Å². The van der Waals surface area contributed by atoms with Gasteiger partial charge in [0.1, 0.15) is 11.5 Å². The molecule has 3 rings (SSSR count). The summed E-state index contributed by atoms with van der Waals surface area (Å²) in [4.78, 5) is 4.22. The average Bonchev–Trinajstić information content (AvgIpc) is 2.52. The highest BCUT2D eigenvalue weighted by Crippen LogP contribution is 2.31. The average molecular weight is 439 g/mol. The van der Waals surface area contributed by atoms with Crippen molar-refractivity contribution in [1.82, 2.24) is 0 Å². The molecule has 0 aliphatic heterocycles. The molecule has 6 heteroatoms. The first kappa shape index (κ1) is 18.5. The van der Waals surface area contributed by atoms with Crippen LogP contribution in [0.15, 0.2) is 59.6 Å². The molecule has 2 aromatic rings. The number of guanidine groups is 1. The van der Waals surface area contributed by atoms with E-state index in [-0.39, 0.29) is 24.0 Å². The van der Waals surface area contributed by atoms with Crippen molar-refractivity contribution in [3.05, 3.63) is 54.6 Å². The van der Waals surface area contributed by atoms with Crippen molar-refractivity contribution in [3.63, 3.8) is 0 Å². The van der Waals surface area contributed by atoms with Gasteiger partial charge >= 0.3 is 0 Å². The molecule has 24 heavy (non-hydrogen) atoms. The highest BCUT2D eigenvalue weighted by atomic mass is 127. The number of aliphatic hydroxyl groups is 1. The molecule has 0 radical (unpaired) electrons. The van der Waals surface area contributed by atoms with Gasteiger partial charge in [-0.05, 0) is 43.5 Å². The van der Waals surface area contributed by atoms with Crippen LogP contribution in [-0.4, -0.2) is 23.2 Å². The Labute approximate surface area is 159 Å². The number of halogens is 1. The van der Waals surface area contributed by atoms with Gasteiger partial charge in [0.25, 0.3) is 0 Å². The molecule has 1 saturated carbocycles. The van der Waals surface area contributed by atoms with E-state index in [0.717, 1.165) is 30.7 Å². The van der Waals surface area contributed by atoms with Crippen LogP contribution in [0, 0.1) is 0 Å². The lowest BCUT2D eigenvalue weighted by atomic mass is 9.80. The van der Waals surface area contributed by atoms with Crippen LogP contribution in [0.1, 0.15) is 19.3 Å². The molecule has 2 aromatic carbocycles. The van der Waals surface area contributed by atoms with E-state index >= 15 is 0 Å². The Morgan fingerprint density at radius 3 is 2.50 bits per heavy atom. The fourth-order valence-corrected chi connectivity index (χ4v) is 2.42. The number of anilines is 1. The number of aliphatic imine (C=N–C) groups is 1. The summed E-state index contributed by atoms with van der Waals surface area (Å²) in [6, 6.07) is 17.1. The second-order valence-corrected chi connectivity index (χ2v) is 5.85. The minimum absolute atomic E-state index is 0. The Hall–Kier alpha value is -1.80. The lowest BCUT2D eigenvalue weighted by molar-refractivity contribution is -0.0235. The molecule has 0 atom stereocenters. The quantitative estimate of drug-likeness (QED) is 0.377. The van der Waals surface area contributed by atoms with E-state index in [9.17, 15) is 5.11 Å². The zero-order valence-electron chi connectivity index (χ0n) is 13.3. The van der Waals surface area contributed by atoms with Gasteiger partial charge in [-0.15, -0.1) is 24.0 Å². The number of nitrogens with zero attached hydrogens (tertiary/aromatic N) is 1. The van der Waals surface area contributed by atoms with E-state index in [1.807, 2.05) is 54.6 Å². The summed E-state index contributed by atoms with van der Waals surface area (Å²) >= 11 is 0. The first-order chi connectivity index (χ1) is 11.1. The summed E-state index contributed by atoms with van der Waals surface area (Å²) in [6.45, 7) is 0.339. The molecule has 1 aliphatic carbocycles. The zero-order valence-corrected chi connectivity index (χ0v) is 15.6. The van der Waals surface area contributed by atoms with E-state index in [4.69, 9.17) is 10.5 Å². The summed E-state index contributed by atoms with van der Waals surface area (Å²) in [5, 5.41) is 13.0. The van der Waals surface area contributed by atoms with Gasteiger partial charge in [0.2, 0.25) is 0 Å². The number of rotatable bonds is 5. The van der Waals surface area contributed by atoms with E-state index in [2.05, 4.69) is 10.3 Å². The van der Waals surface area contributed by atoms with E-state index in [1.54, 1.807) is 0 Å². The third-order valence-electron chi connectivity index (χ3n) is 3.91. The van der Waals surface area contributed by atoms with Crippen molar-refractivity contribution in [2.45, 2.75) is 24.9 Å². The first-order valence-electron chi connectivity index (χ1n) is 7.75. The number of ether oxygens (including phenoxy) is 1. The van der Waals surface area contributed by atoms with Crippen LogP contribution in [0.3, 0.4) is 0 Å². The number of benzene rings is 2. The van der Waals surface area contributed by atoms with Gasteiger partial charge in [0.15, 0.2) is 5.96 Å². The molecular formula is C18H22IN3O2. The summed E-state index contributed by atoms with van der Waals surface area (Å²) in [5.41, 5.74) is 6.01. The summed E-state index contributed by atoms with van der Waals surface area (Å²) < 4.78 is 5.78. The van der Waals surface area contributed by atoms with Gasteiger partial charge in [-0.2, -0.15) is 0 Å². The monoisotopic (exact) mass is 439 g/mol. The van der Waals surface area contributed by atoms with Crippen LogP contribution in [0.25, 0.3) is 0 Å². The topological polar surface area (TPSA) is 79.9 Å². The van der Waals surface area contributed by atoms with Crippen LogP contribution in [0.4, 0.5) is 5.69 Å². The fourth-order valence-electron chi connectivity index (χ4n) is 2.42. The normalized spacial score (nSPS) is 15.8. The third-order valence-corrected chi connectivity index (χ3v) is 3.91. The van der Waals surface area contributed by atoms with Gasteiger partial charge < -0.3 is 20.9 Å². The van der Waals surface area contributed by atoms with Gasteiger partial charge in [0, 0.05) is 11.8 Å². The molecule has 0 heterocycles. The van der Waals surface area contributed by atoms with Crippen LogP contribution in [-0.2, 0) is 0 Å². The Bertz CT molecular complexity index is 688. The predicted octanol–water partition coefficient (Wildman–Crippen LogP) is 3.74. The molecule has 1 aliphatic rings. The molecule has 0 spiro atoms. The highest BCUT2D eigenvalue weighted by molar-refractivity contribution is 14.0. The maximum absolute atomic E-state index is 10.0. The Morgan fingerprint density at radius 2 is 1.83 bits per heavy atom. The van der Waals surface area contributed by atoms with Crippen molar-refractivity contribution in [1.29, 1.82) is 0 Å². The number of hydrogen-bond donors (Lipinski definition) is 3. The van der Waals surface area contributed by atoms with E-state index in [0.29, 0.717) is 18.3 Å². The number of nitrogens with one attached hydrogen (secondary N) is 1. The molecule has 128 valence electrons. The Morgan fingerprint density at radius 1 is 1.12 bits per heavy atom. The van der Waals surface area contributed by atoms with Crippen molar-refractivity contribution in [2.24, 2.45) is 10.7 Å². The van der Waals surface area contributed by atoms with Crippen LogP contribution in [0.2, 0.25) is 0 Å². The maximum Gasteiger partial charge on any atom is 0.193 e. The largest absolute Gasteiger partial charge is 0.457 e. The Balaban J connectivity index is 0.00000208. The van der Waals surface area contributed by atoms with Crippen LogP contribution >= 0.6 is 24.0 Å². The maximum atomic E-state index is 10.0. The van der Waals surface area contributed by atoms with Crippen molar-refractivity contribution < 1.29 is 9.84 Å². The number of nitrogens with two attached hydrogens (primary N) is 1. The molecule has 4 N–H and O–H groups in total. The fraction of sp³-hybridized carbons (Fsp3) is 0.278. The molecule has 0 unspecified atom stereocenters. The first-order valence-corrected chi connectivity index (χ1v) is 7.75. The van der Waals surface area contributed by atoms with Gasteiger partial charge in [-0.25, -0.2) is 0 Å². The van der Waals surface area contributed by atoms with E-state index in [1.165, 1.54) is 0 Å². The van der Waals surface area contributed by atoms with Crippen molar-refractivity contribution >= 4 is 35.6 Å². The standard InChI is InChI=1S/C18H21N3O2.HI/c19-17(20-13-18(22)10-5-11-18)21-14-6-4-9-16(12-14)23-15-7-2-1-3-8-15;/h1-4,6-9,12,22H,5,10-11,13H2,(H3,19,20,21);1H. The zero-order chi connectivity index (χ0) is 16.1. The highest BCUT2D eigenvalue weighted by Gasteiger charge is 2.33. The van der Waals surface area contributed by atoms with E-state index < -0.39 is 5.60 Å².